The van der Waals surface area contributed by atoms with Crippen LogP contribution in [0.25, 0.3) is 0 Å². The molecule has 1 rings (SSSR count). The minimum absolute atomic E-state index is 0.0793. The molecule has 0 N–H and O–H groups in total. The van der Waals surface area contributed by atoms with Crippen molar-refractivity contribution in [3.05, 3.63) is 24.3 Å². The molecule has 0 spiro atoms. The van der Waals surface area contributed by atoms with Gasteiger partial charge in [0.15, 0.2) is 0 Å². The van der Waals surface area contributed by atoms with E-state index in [4.69, 9.17) is 1.37 Å². The largest absolute Gasteiger partial charge is 0.245 e. The molecule has 0 atom stereocenters. The topological polar surface area (TPSA) is 25.8 Å². The number of hydrogen-bond acceptors (Lipinski definition) is 2. The van der Waals surface area contributed by atoms with Crippen LogP contribution < -0.4 is 0 Å². The standard InChI is InChI=1S/C5H6N2/c1-5-2-6-4-7-3-5/h2-4H,1H3/i4D. The first-order valence-corrected chi connectivity index (χ1v) is 2.04. The van der Waals surface area contributed by atoms with E-state index in [0.29, 0.717) is 0 Å². The maximum Gasteiger partial charge on any atom is 0.115 e. The van der Waals surface area contributed by atoms with Crippen LogP contribution in [0, 0.1) is 6.92 Å². The van der Waals surface area contributed by atoms with Crippen LogP contribution >= 0.6 is 0 Å². The second kappa shape index (κ2) is 1.69. The first kappa shape index (κ1) is 3.13. The fourth-order valence-corrected chi connectivity index (χ4v) is 0.328. The van der Waals surface area contributed by atoms with Crippen LogP contribution in [0.4, 0.5) is 0 Å². The zero-order valence-corrected chi connectivity index (χ0v) is 4.05. The van der Waals surface area contributed by atoms with E-state index in [9.17, 15) is 0 Å². The number of hydrogen-bond donors (Lipinski definition) is 0. The molecular weight excluding hydrogens is 88.1 g/mol. The van der Waals surface area contributed by atoms with Crippen molar-refractivity contribution in [1.82, 2.24) is 9.97 Å². The molecule has 0 fully saturated rings. The highest BCUT2D eigenvalue weighted by Gasteiger charge is 1.74. The van der Waals surface area contributed by atoms with E-state index in [1.807, 2.05) is 6.92 Å². The molecule has 0 saturated heterocycles. The number of rotatable bonds is 0. The normalized spacial score (nSPS) is 10.7. The van der Waals surface area contributed by atoms with Gasteiger partial charge in [-0.2, -0.15) is 0 Å². The number of nitrogens with zero attached hydrogens (tertiary/aromatic N) is 2. The van der Waals surface area contributed by atoms with Gasteiger partial charge in [-0.15, -0.1) is 0 Å². The fraction of sp³-hybridized carbons (Fsp3) is 0.200. The highest BCUT2D eigenvalue weighted by Crippen LogP contribution is 1.84. The Morgan fingerprint density at radius 2 is 2.14 bits per heavy atom. The van der Waals surface area contributed by atoms with Crippen molar-refractivity contribution in [3.8, 4) is 0 Å². The highest BCUT2D eigenvalue weighted by atomic mass is 14.8. The molecule has 36 valence electrons. The molecule has 1 heterocycles. The Balaban J connectivity index is 3.03. The van der Waals surface area contributed by atoms with E-state index in [-0.39, 0.29) is 6.30 Å². The van der Waals surface area contributed by atoms with Gasteiger partial charge in [-0.3, -0.25) is 0 Å². The zero-order valence-electron chi connectivity index (χ0n) is 5.05. The van der Waals surface area contributed by atoms with Crippen LogP contribution in [0.5, 0.6) is 0 Å². The minimum atomic E-state index is 0.0793. The summed E-state index contributed by atoms with van der Waals surface area (Å²) < 4.78 is 6.87. The lowest BCUT2D eigenvalue weighted by molar-refractivity contribution is 1.13. The monoisotopic (exact) mass is 95.1 g/mol. The number of aryl methyl sites for hydroxylation is 1. The van der Waals surface area contributed by atoms with Crippen molar-refractivity contribution in [1.29, 1.82) is 0 Å². The zero-order chi connectivity index (χ0) is 5.98. The summed E-state index contributed by atoms with van der Waals surface area (Å²) in [7, 11) is 0. The van der Waals surface area contributed by atoms with Crippen molar-refractivity contribution in [3.63, 3.8) is 0 Å². The summed E-state index contributed by atoms with van der Waals surface area (Å²) in [6.07, 6.45) is 3.32. The van der Waals surface area contributed by atoms with Crippen molar-refractivity contribution in [2.45, 2.75) is 6.92 Å². The van der Waals surface area contributed by atoms with Gasteiger partial charge in [-0.25, -0.2) is 9.97 Å². The molecule has 1 aromatic rings. The van der Waals surface area contributed by atoms with E-state index in [1.54, 1.807) is 12.4 Å². The van der Waals surface area contributed by atoms with E-state index < -0.39 is 0 Å². The van der Waals surface area contributed by atoms with Crippen LogP contribution in [0.1, 0.15) is 6.93 Å². The van der Waals surface area contributed by atoms with Gasteiger partial charge >= 0.3 is 0 Å². The minimum Gasteiger partial charge on any atom is -0.245 e. The second-order valence-corrected chi connectivity index (χ2v) is 1.36. The molecule has 0 radical (unpaired) electrons. The fourth-order valence-electron chi connectivity index (χ4n) is 0.328. The molecule has 2 nitrogen and oxygen atoms in total. The Morgan fingerprint density at radius 1 is 1.57 bits per heavy atom. The molecular formula is C5H6N2. The van der Waals surface area contributed by atoms with Crippen molar-refractivity contribution >= 4 is 0 Å². The summed E-state index contributed by atoms with van der Waals surface area (Å²) in [6, 6.07) is 0. The summed E-state index contributed by atoms with van der Waals surface area (Å²) in [5, 5.41) is 0. The summed E-state index contributed by atoms with van der Waals surface area (Å²) >= 11 is 0. The average molecular weight is 95.1 g/mol. The first-order chi connectivity index (χ1) is 3.79. The molecule has 7 heavy (non-hydrogen) atoms. The number of aromatic nitrogens is 2. The second-order valence-electron chi connectivity index (χ2n) is 1.36. The van der Waals surface area contributed by atoms with Crippen LogP contribution in [0.15, 0.2) is 18.7 Å². The van der Waals surface area contributed by atoms with Crippen LogP contribution in [-0.4, -0.2) is 9.97 Å². The Bertz CT molecular complexity index is 149. The van der Waals surface area contributed by atoms with Crippen molar-refractivity contribution in [2.24, 2.45) is 0 Å². The van der Waals surface area contributed by atoms with Gasteiger partial charge in [0, 0.05) is 12.4 Å². The summed E-state index contributed by atoms with van der Waals surface area (Å²) in [4.78, 5) is 7.27. The lowest BCUT2D eigenvalue weighted by Gasteiger charge is -1.81. The van der Waals surface area contributed by atoms with E-state index in [2.05, 4.69) is 9.97 Å². The van der Waals surface area contributed by atoms with Crippen LogP contribution in [0.3, 0.4) is 0 Å². The molecule has 2 heteroatoms. The van der Waals surface area contributed by atoms with Crippen LogP contribution in [-0.2, 0) is 0 Å². The molecule has 0 aliphatic rings. The third-order valence-corrected chi connectivity index (χ3v) is 0.652. The van der Waals surface area contributed by atoms with Gasteiger partial charge in [0.05, 0.1) is 0 Å². The van der Waals surface area contributed by atoms with Gasteiger partial charge < -0.3 is 0 Å². The van der Waals surface area contributed by atoms with E-state index in [1.165, 1.54) is 0 Å². The SMILES string of the molecule is [2H]c1ncc(C)cn1. The lowest BCUT2D eigenvalue weighted by Crippen LogP contribution is -1.75. The third-order valence-electron chi connectivity index (χ3n) is 0.652. The van der Waals surface area contributed by atoms with Crippen molar-refractivity contribution in [2.75, 3.05) is 0 Å². The first-order valence-electron chi connectivity index (χ1n) is 2.54. The maximum absolute atomic E-state index is 6.87. The van der Waals surface area contributed by atoms with Gasteiger partial charge in [-0.1, -0.05) is 0 Å². The van der Waals surface area contributed by atoms with Gasteiger partial charge in [0.2, 0.25) is 0 Å². The average Bonchev–Trinajstić information content (AvgIpc) is 1.77. The summed E-state index contributed by atoms with van der Waals surface area (Å²) in [6.45, 7) is 1.89. The summed E-state index contributed by atoms with van der Waals surface area (Å²) in [5.41, 5.74) is 0.987. The molecule has 0 unspecified atom stereocenters. The van der Waals surface area contributed by atoms with E-state index in [0.717, 1.165) is 5.56 Å². The van der Waals surface area contributed by atoms with Gasteiger partial charge in [0.1, 0.15) is 7.67 Å². The summed E-state index contributed by atoms with van der Waals surface area (Å²) in [5.74, 6) is 0. The predicted octanol–water partition coefficient (Wildman–Crippen LogP) is 0.785. The van der Waals surface area contributed by atoms with Gasteiger partial charge in [-0.05, 0) is 12.5 Å². The highest BCUT2D eigenvalue weighted by molar-refractivity contribution is 4.96. The Kier molecular flexibility index (Phi) is 0.754. The third kappa shape index (κ3) is 0.961. The molecule has 0 aliphatic carbocycles. The molecule has 0 aliphatic heterocycles. The molecule has 0 bridgehead atoms. The molecule has 0 aromatic carbocycles. The molecule has 0 amide bonds. The Labute approximate surface area is 43.6 Å². The smallest absolute Gasteiger partial charge is 0.115 e. The Morgan fingerprint density at radius 3 is 2.57 bits per heavy atom. The maximum atomic E-state index is 6.87. The Hall–Kier alpha value is -0.920. The molecule has 0 saturated carbocycles. The van der Waals surface area contributed by atoms with Crippen LogP contribution in [0.2, 0.25) is 0 Å². The van der Waals surface area contributed by atoms with Gasteiger partial charge in [0.25, 0.3) is 0 Å². The lowest BCUT2D eigenvalue weighted by atomic mass is 10.4. The quantitative estimate of drug-likeness (QED) is 0.476. The van der Waals surface area contributed by atoms with Crippen molar-refractivity contribution < 1.29 is 1.37 Å². The van der Waals surface area contributed by atoms with E-state index >= 15 is 0 Å². The molecule has 1 aromatic heterocycles. The predicted molar refractivity (Wildman–Crippen MR) is 26.8 cm³/mol.